The number of carbonyl (C=O) groups is 1. The number of hydrogen-bond donors (Lipinski definition) is 8. The number of ether oxygens (including phenoxy) is 3. The van der Waals surface area contributed by atoms with Crippen LogP contribution >= 0.6 is 0 Å². The maximum Gasteiger partial charge on any atom is 0.222 e. The molecule has 12 nitrogen and oxygen atoms in total. The van der Waals surface area contributed by atoms with E-state index in [0.29, 0.717) is 25.1 Å². The van der Waals surface area contributed by atoms with Crippen molar-refractivity contribution in [2.75, 3.05) is 27.2 Å². The summed E-state index contributed by atoms with van der Waals surface area (Å²) in [6.07, 6.45) is -1.13. The minimum Gasteiger partial charge on any atom is -0.466 e. The molecular weight excluding hydrogens is 420 g/mol. The first-order chi connectivity index (χ1) is 15.3. The minimum atomic E-state index is -1.10. The van der Waals surface area contributed by atoms with E-state index < -0.39 is 48.8 Å². The Hall–Kier alpha value is -1.35. The van der Waals surface area contributed by atoms with Gasteiger partial charge in [-0.05, 0) is 38.9 Å². The molecule has 0 aromatic carbocycles. The average Bonchev–Trinajstić information content (AvgIpc) is 2.78. The van der Waals surface area contributed by atoms with Crippen molar-refractivity contribution in [2.24, 2.45) is 22.9 Å². The van der Waals surface area contributed by atoms with Crippen molar-refractivity contribution >= 4 is 5.91 Å². The van der Waals surface area contributed by atoms with Crippen LogP contribution in [-0.2, 0) is 19.0 Å². The first kappa shape index (κ1) is 26.9. The van der Waals surface area contributed by atoms with Crippen LogP contribution in [0.15, 0.2) is 11.8 Å². The number of carbonyl (C=O) groups excluding carboxylic acids is 1. The Morgan fingerprint density at radius 3 is 2.62 bits per heavy atom. The number of methoxy groups -OCH3 is 1. The van der Waals surface area contributed by atoms with Crippen LogP contribution in [0, 0.1) is 0 Å². The van der Waals surface area contributed by atoms with Crippen LogP contribution in [0.3, 0.4) is 0 Å². The van der Waals surface area contributed by atoms with E-state index in [9.17, 15) is 15.0 Å². The van der Waals surface area contributed by atoms with E-state index in [2.05, 4.69) is 10.6 Å². The van der Waals surface area contributed by atoms with Crippen molar-refractivity contribution in [3.63, 3.8) is 0 Å². The SMILES string of the molecule is CN[C@H]1[C@H](O)[C@@H](O[C@H]2OC(CN)=CCC2NC(=O)CC(N)CCCN)[C@H](N)[C@@H](O)[C@H]1OC. The molecule has 0 spiro atoms. The van der Waals surface area contributed by atoms with Crippen LogP contribution in [0.25, 0.3) is 0 Å². The van der Waals surface area contributed by atoms with Crippen LogP contribution in [0.2, 0.25) is 0 Å². The molecule has 1 fully saturated rings. The summed E-state index contributed by atoms with van der Waals surface area (Å²) >= 11 is 0. The molecule has 186 valence electrons. The zero-order valence-corrected chi connectivity index (χ0v) is 18.9. The summed E-state index contributed by atoms with van der Waals surface area (Å²) in [5.74, 6) is 0.252. The molecule has 0 bridgehead atoms. The normalized spacial score (nSPS) is 36.2. The van der Waals surface area contributed by atoms with Gasteiger partial charge in [-0.1, -0.05) is 0 Å². The summed E-state index contributed by atoms with van der Waals surface area (Å²) in [5, 5.41) is 27.3. The lowest BCUT2D eigenvalue weighted by Gasteiger charge is -2.47. The number of rotatable bonds is 11. The lowest BCUT2D eigenvalue weighted by atomic mass is 9.81. The van der Waals surface area contributed by atoms with Gasteiger partial charge >= 0.3 is 0 Å². The molecule has 1 aliphatic heterocycles. The second-order valence-electron chi connectivity index (χ2n) is 8.34. The predicted octanol–water partition coefficient (Wildman–Crippen LogP) is -3.43. The van der Waals surface area contributed by atoms with Crippen LogP contribution < -0.4 is 33.6 Å². The molecule has 12 heteroatoms. The number of hydrogen-bond acceptors (Lipinski definition) is 11. The van der Waals surface area contributed by atoms with Gasteiger partial charge in [0.15, 0.2) is 0 Å². The van der Waals surface area contributed by atoms with Gasteiger partial charge in [0, 0.05) is 19.6 Å². The fraction of sp³-hybridized carbons (Fsp3) is 0.850. The molecule has 1 aliphatic carbocycles. The maximum absolute atomic E-state index is 12.5. The van der Waals surface area contributed by atoms with Crippen molar-refractivity contribution in [1.29, 1.82) is 0 Å². The largest absolute Gasteiger partial charge is 0.466 e. The second kappa shape index (κ2) is 12.8. The molecule has 2 unspecified atom stereocenters. The highest BCUT2D eigenvalue weighted by atomic mass is 16.7. The van der Waals surface area contributed by atoms with Gasteiger partial charge in [-0.15, -0.1) is 0 Å². The summed E-state index contributed by atoms with van der Waals surface area (Å²) < 4.78 is 17.2. The van der Waals surface area contributed by atoms with E-state index >= 15 is 0 Å². The first-order valence-electron chi connectivity index (χ1n) is 11.0. The highest BCUT2D eigenvalue weighted by Crippen LogP contribution is 2.28. The fourth-order valence-corrected chi connectivity index (χ4v) is 4.22. The van der Waals surface area contributed by atoms with Crippen LogP contribution in [0.4, 0.5) is 0 Å². The number of aliphatic hydroxyl groups is 2. The first-order valence-corrected chi connectivity index (χ1v) is 11.0. The molecule has 0 aromatic rings. The molecule has 2 rings (SSSR count). The number of amides is 1. The van der Waals surface area contributed by atoms with Crippen molar-refractivity contribution in [2.45, 2.75) is 80.6 Å². The molecule has 0 aromatic heterocycles. The van der Waals surface area contributed by atoms with E-state index in [1.807, 2.05) is 0 Å². The lowest BCUT2D eigenvalue weighted by Crippen LogP contribution is -2.71. The van der Waals surface area contributed by atoms with Crippen LogP contribution in [-0.4, -0.2) is 98.2 Å². The Morgan fingerprint density at radius 1 is 1.31 bits per heavy atom. The van der Waals surface area contributed by atoms with E-state index in [0.717, 1.165) is 6.42 Å². The van der Waals surface area contributed by atoms with Gasteiger partial charge in [-0.3, -0.25) is 4.79 Å². The number of nitrogens with one attached hydrogen (secondary N) is 2. The Morgan fingerprint density at radius 2 is 2.03 bits per heavy atom. The van der Waals surface area contributed by atoms with E-state index in [4.69, 9.17) is 37.1 Å². The van der Waals surface area contributed by atoms with Gasteiger partial charge in [0.2, 0.25) is 12.2 Å². The third-order valence-corrected chi connectivity index (χ3v) is 6.04. The highest BCUT2D eigenvalue weighted by molar-refractivity contribution is 5.77. The lowest BCUT2D eigenvalue weighted by molar-refractivity contribution is -0.232. The molecule has 0 radical (unpaired) electrons. The van der Waals surface area contributed by atoms with Crippen molar-refractivity contribution in [3.8, 4) is 0 Å². The standard InChI is InChI=1S/C20H40N6O6/c1-25-15-17(29)18(14(24)16(28)19(15)30-2)32-20-12(6-5-11(9-22)31-20)26-13(27)8-10(23)4-3-7-21/h5,10,12,14-20,25,28-29H,3-4,6-9,21-24H2,1-2H3,(H,26,27)/t10?,12?,14-,15+,16-,17+,18+,19+,20-/m1/s1. The maximum atomic E-state index is 12.5. The number of aliphatic hydroxyl groups excluding tert-OH is 2. The summed E-state index contributed by atoms with van der Waals surface area (Å²) in [4.78, 5) is 12.5. The van der Waals surface area contributed by atoms with Crippen molar-refractivity contribution < 1.29 is 29.2 Å². The molecule has 0 saturated heterocycles. The van der Waals surface area contributed by atoms with Crippen molar-refractivity contribution in [3.05, 3.63) is 11.8 Å². The van der Waals surface area contributed by atoms with Gasteiger partial charge < -0.3 is 58.0 Å². The molecule has 1 saturated carbocycles. The van der Waals surface area contributed by atoms with Gasteiger partial charge in [0.05, 0.1) is 36.9 Å². The zero-order chi connectivity index (χ0) is 23.8. The average molecular weight is 461 g/mol. The summed E-state index contributed by atoms with van der Waals surface area (Å²) in [6, 6.07) is -2.43. The Balaban J connectivity index is 2.11. The van der Waals surface area contributed by atoms with E-state index in [1.54, 1.807) is 13.1 Å². The molecule has 1 heterocycles. The van der Waals surface area contributed by atoms with E-state index in [-0.39, 0.29) is 24.9 Å². The zero-order valence-electron chi connectivity index (χ0n) is 18.9. The smallest absolute Gasteiger partial charge is 0.222 e. The Kier molecular flexibility index (Phi) is 10.7. The molecule has 12 N–H and O–H groups in total. The minimum absolute atomic E-state index is 0.137. The quantitative estimate of drug-likeness (QED) is 0.152. The fourth-order valence-electron chi connectivity index (χ4n) is 4.22. The van der Waals surface area contributed by atoms with Gasteiger partial charge in [-0.25, -0.2) is 0 Å². The van der Waals surface area contributed by atoms with E-state index in [1.165, 1.54) is 7.11 Å². The predicted molar refractivity (Wildman–Crippen MR) is 118 cm³/mol. The third-order valence-electron chi connectivity index (χ3n) is 6.04. The molecule has 9 atom stereocenters. The third kappa shape index (κ3) is 6.59. The van der Waals surface area contributed by atoms with Gasteiger partial charge in [-0.2, -0.15) is 0 Å². The van der Waals surface area contributed by atoms with Crippen molar-refractivity contribution in [1.82, 2.24) is 10.6 Å². The molecule has 2 aliphatic rings. The topological polar surface area (TPSA) is 213 Å². The summed E-state index contributed by atoms with van der Waals surface area (Å²) in [5.41, 5.74) is 23.4. The number of likely N-dealkylation sites (N-methyl/N-ethyl adjacent to an activating group) is 1. The highest BCUT2D eigenvalue weighted by Gasteiger charge is 2.50. The van der Waals surface area contributed by atoms with Gasteiger partial charge in [0.25, 0.3) is 0 Å². The summed E-state index contributed by atoms with van der Waals surface area (Å²) in [7, 11) is 3.08. The molecular formula is C20H40N6O6. The molecule has 32 heavy (non-hydrogen) atoms. The summed E-state index contributed by atoms with van der Waals surface area (Å²) in [6.45, 7) is 0.666. The Bertz CT molecular complexity index is 625. The van der Waals surface area contributed by atoms with Crippen LogP contribution in [0.5, 0.6) is 0 Å². The second-order valence-corrected chi connectivity index (χ2v) is 8.34. The Labute approximate surface area is 189 Å². The molecule has 1 amide bonds. The number of nitrogens with two attached hydrogens (primary N) is 4. The van der Waals surface area contributed by atoms with Crippen LogP contribution in [0.1, 0.15) is 25.7 Å². The van der Waals surface area contributed by atoms with Gasteiger partial charge in [0.1, 0.15) is 18.0 Å². The monoisotopic (exact) mass is 460 g/mol.